The fourth-order valence-corrected chi connectivity index (χ4v) is 1.83. The fourth-order valence-electron chi connectivity index (χ4n) is 1.66. The molecule has 0 aliphatic rings. The van der Waals surface area contributed by atoms with E-state index in [9.17, 15) is 9.59 Å². The first-order chi connectivity index (χ1) is 9.08. The van der Waals surface area contributed by atoms with Gasteiger partial charge in [0.15, 0.2) is 5.78 Å². The lowest BCUT2D eigenvalue weighted by Crippen LogP contribution is -2.06. The molecule has 0 saturated heterocycles. The molecule has 0 aliphatic heterocycles. The molecule has 0 amide bonds. The number of Topliss-reactive ketones (excluding diaryl/α,β-unsaturated/α-hetero) is 1. The minimum Gasteiger partial charge on any atom is -0.496 e. The van der Waals surface area contributed by atoms with Gasteiger partial charge in [-0.3, -0.25) is 9.59 Å². The van der Waals surface area contributed by atoms with Gasteiger partial charge in [0, 0.05) is 17.9 Å². The molecule has 1 aromatic rings. The van der Waals surface area contributed by atoms with Crippen LogP contribution in [0, 0.1) is 0 Å². The van der Waals surface area contributed by atoms with Gasteiger partial charge in [-0.2, -0.15) is 0 Å². The summed E-state index contributed by atoms with van der Waals surface area (Å²) in [4.78, 5) is 23.2. The Balaban J connectivity index is 2.58. The van der Waals surface area contributed by atoms with E-state index in [4.69, 9.17) is 21.1 Å². The summed E-state index contributed by atoms with van der Waals surface area (Å²) >= 11 is 5.86. The Kier molecular flexibility index (Phi) is 6.36. The molecule has 0 aliphatic carbocycles. The average molecular weight is 285 g/mol. The largest absolute Gasteiger partial charge is 0.496 e. The van der Waals surface area contributed by atoms with E-state index >= 15 is 0 Å². The maximum atomic E-state index is 12.0. The molecule has 104 valence electrons. The summed E-state index contributed by atoms with van der Waals surface area (Å²) in [5.41, 5.74) is 0.443. The van der Waals surface area contributed by atoms with Gasteiger partial charge in [0.25, 0.3) is 0 Å². The number of hydrogen-bond acceptors (Lipinski definition) is 4. The van der Waals surface area contributed by atoms with Gasteiger partial charge in [-0.05, 0) is 31.5 Å². The van der Waals surface area contributed by atoms with Gasteiger partial charge < -0.3 is 9.47 Å². The summed E-state index contributed by atoms with van der Waals surface area (Å²) in [6.07, 6.45) is 0.950. The van der Waals surface area contributed by atoms with Gasteiger partial charge in [-0.25, -0.2) is 0 Å². The molecule has 0 heterocycles. The maximum Gasteiger partial charge on any atom is 0.305 e. The number of ketones is 1. The van der Waals surface area contributed by atoms with Crippen molar-refractivity contribution in [3.8, 4) is 5.75 Å². The minimum atomic E-state index is -0.284. The third-order valence-corrected chi connectivity index (χ3v) is 2.79. The van der Waals surface area contributed by atoms with Crippen molar-refractivity contribution in [3.05, 3.63) is 28.8 Å². The first kappa shape index (κ1) is 15.5. The highest BCUT2D eigenvalue weighted by Gasteiger charge is 2.13. The molecule has 4 nitrogen and oxygen atoms in total. The molecule has 0 N–H and O–H groups in total. The number of esters is 1. The zero-order chi connectivity index (χ0) is 14.3. The second-order valence-electron chi connectivity index (χ2n) is 3.93. The third kappa shape index (κ3) is 4.91. The van der Waals surface area contributed by atoms with Crippen molar-refractivity contribution in [2.75, 3.05) is 13.7 Å². The van der Waals surface area contributed by atoms with Crippen LogP contribution in [0.2, 0.25) is 5.02 Å². The van der Waals surface area contributed by atoms with E-state index in [1.807, 2.05) is 0 Å². The standard InChI is InChI=1S/C14H17ClO4/c1-3-19-14(17)6-4-5-12(16)11-9-10(15)7-8-13(11)18-2/h7-9H,3-6H2,1-2H3. The quantitative estimate of drug-likeness (QED) is 0.570. The SMILES string of the molecule is CCOC(=O)CCCC(=O)c1cc(Cl)ccc1OC. The molecule has 0 radical (unpaired) electrons. The van der Waals surface area contributed by atoms with Crippen molar-refractivity contribution in [1.82, 2.24) is 0 Å². The van der Waals surface area contributed by atoms with Crippen LogP contribution >= 0.6 is 11.6 Å². The van der Waals surface area contributed by atoms with Crippen molar-refractivity contribution in [2.24, 2.45) is 0 Å². The van der Waals surface area contributed by atoms with Crippen molar-refractivity contribution in [2.45, 2.75) is 26.2 Å². The molecule has 0 unspecified atom stereocenters. The lowest BCUT2D eigenvalue weighted by atomic mass is 10.0. The summed E-state index contributed by atoms with van der Waals surface area (Å²) in [6, 6.07) is 4.89. The zero-order valence-electron chi connectivity index (χ0n) is 11.1. The molecule has 5 heteroatoms. The van der Waals surface area contributed by atoms with Gasteiger partial charge in [-0.1, -0.05) is 11.6 Å². The summed E-state index contributed by atoms with van der Waals surface area (Å²) in [5, 5.41) is 0.481. The molecule has 0 fully saturated rings. The normalized spacial score (nSPS) is 10.1. The lowest BCUT2D eigenvalue weighted by molar-refractivity contribution is -0.143. The number of carbonyl (C=O) groups excluding carboxylic acids is 2. The van der Waals surface area contributed by atoms with Crippen molar-refractivity contribution in [3.63, 3.8) is 0 Å². The monoisotopic (exact) mass is 284 g/mol. The second kappa shape index (κ2) is 7.79. The Morgan fingerprint density at radius 3 is 2.63 bits per heavy atom. The first-order valence-electron chi connectivity index (χ1n) is 6.10. The predicted molar refractivity (Wildman–Crippen MR) is 72.8 cm³/mol. The lowest BCUT2D eigenvalue weighted by Gasteiger charge is -2.08. The van der Waals surface area contributed by atoms with Crippen LogP contribution in [-0.2, 0) is 9.53 Å². The molecular weight excluding hydrogens is 268 g/mol. The molecule has 0 aromatic heterocycles. The van der Waals surface area contributed by atoms with Crippen LogP contribution in [0.5, 0.6) is 5.75 Å². The van der Waals surface area contributed by atoms with E-state index in [0.29, 0.717) is 29.4 Å². The molecule has 0 bridgehead atoms. The highest BCUT2D eigenvalue weighted by Crippen LogP contribution is 2.24. The van der Waals surface area contributed by atoms with E-state index in [2.05, 4.69) is 0 Å². The minimum absolute atomic E-state index is 0.0938. The van der Waals surface area contributed by atoms with Crippen LogP contribution in [0.25, 0.3) is 0 Å². The molecule has 19 heavy (non-hydrogen) atoms. The summed E-state index contributed by atoms with van der Waals surface area (Å²) < 4.78 is 9.91. The number of hydrogen-bond donors (Lipinski definition) is 0. The molecular formula is C14H17ClO4. The van der Waals surface area contributed by atoms with E-state index < -0.39 is 0 Å². The molecule has 0 atom stereocenters. The molecule has 1 rings (SSSR count). The van der Waals surface area contributed by atoms with Gasteiger partial charge >= 0.3 is 5.97 Å². The Morgan fingerprint density at radius 1 is 1.26 bits per heavy atom. The van der Waals surface area contributed by atoms with Crippen molar-refractivity contribution < 1.29 is 19.1 Å². The number of benzene rings is 1. The predicted octanol–water partition coefficient (Wildman–Crippen LogP) is 3.26. The van der Waals surface area contributed by atoms with Crippen LogP contribution in [-0.4, -0.2) is 25.5 Å². The molecule has 1 aromatic carbocycles. The van der Waals surface area contributed by atoms with Crippen LogP contribution in [0.1, 0.15) is 36.5 Å². The second-order valence-corrected chi connectivity index (χ2v) is 4.36. The maximum absolute atomic E-state index is 12.0. The van der Waals surface area contributed by atoms with E-state index in [-0.39, 0.29) is 24.6 Å². The average Bonchev–Trinajstić information content (AvgIpc) is 2.38. The van der Waals surface area contributed by atoms with Crippen LogP contribution < -0.4 is 4.74 Å². The van der Waals surface area contributed by atoms with Gasteiger partial charge in [0.2, 0.25) is 0 Å². The Labute approximate surface area is 117 Å². The first-order valence-corrected chi connectivity index (χ1v) is 6.48. The van der Waals surface area contributed by atoms with E-state index in [0.717, 1.165) is 0 Å². The fraction of sp³-hybridized carbons (Fsp3) is 0.429. The summed E-state index contributed by atoms with van der Waals surface area (Å²) in [7, 11) is 1.50. The number of ether oxygens (including phenoxy) is 2. The highest BCUT2D eigenvalue weighted by atomic mass is 35.5. The number of carbonyl (C=O) groups is 2. The highest BCUT2D eigenvalue weighted by molar-refractivity contribution is 6.31. The van der Waals surface area contributed by atoms with Crippen molar-refractivity contribution in [1.29, 1.82) is 0 Å². The molecule has 0 saturated carbocycles. The Bertz CT molecular complexity index is 457. The Hall–Kier alpha value is -1.55. The van der Waals surface area contributed by atoms with Gasteiger partial charge in [0.05, 0.1) is 19.3 Å². The topological polar surface area (TPSA) is 52.6 Å². The van der Waals surface area contributed by atoms with Crippen LogP contribution in [0.4, 0.5) is 0 Å². The smallest absolute Gasteiger partial charge is 0.305 e. The third-order valence-electron chi connectivity index (χ3n) is 2.55. The summed E-state index contributed by atoms with van der Waals surface area (Å²) in [5.74, 6) is 0.113. The zero-order valence-corrected chi connectivity index (χ0v) is 11.8. The number of methoxy groups -OCH3 is 1. The summed E-state index contributed by atoms with van der Waals surface area (Å²) in [6.45, 7) is 2.11. The van der Waals surface area contributed by atoms with Crippen LogP contribution in [0.15, 0.2) is 18.2 Å². The van der Waals surface area contributed by atoms with E-state index in [1.54, 1.807) is 25.1 Å². The van der Waals surface area contributed by atoms with Crippen molar-refractivity contribution >= 4 is 23.4 Å². The van der Waals surface area contributed by atoms with E-state index in [1.165, 1.54) is 7.11 Å². The van der Waals surface area contributed by atoms with Gasteiger partial charge in [-0.15, -0.1) is 0 Å². The van der Waals surface area contributed by atoms with Crippen LogP contribution in [0.3, 0.4) is 0 Å². The molecule has 0 spiro atoms. The van der Waals surface area contributed by atoms with Gasteiger partial charge in [0.1, 0.15) is 5.75 Å². The Morgan fingerprint density at radius 2 is 2.00 bits per heavy atom. The number of halogens is 1. The number of rotatable bonds is 7.